The fourth-order valence-electron chi connectivity index (χ4n) is 2.31. The monoisotopic (exact) mass is 248 g/mol. The van der Waals surface area contributed by atoms with E-state index in [2.05, 4.69) is 55.7 Å². The van der Waals surface area contributed by atoms with Crippen molar-refractivity contribution in [2.45, 2.75) is 38.6 Å². The fraction of sp³-hybridized carbons (Fsp3) is 0.533. The lowest BCUT2D eigenvalue weighted by atomic mass is 9.79. The van der Waals surface area contributed by atoms with Gasteiger partial charge in [0.2, 0.25) is 5.91 Å². The van der Waals surface area contributed by atoms with Crippen LogP contribution in [0.2, 0.25) is 0 Å². The molecule has 1 unspecified atom stereocenters. The molecular weight excluding hydrogens is 224 g/mol. The van der Waals surface area contributed by atoms with Gasteiger partial charge in [-0.15, -0.1) is 0 Å². The summed E-state index contributed by atoms with van der Waals surface area (Å²) in [5.41, 5.74) is 1.37. The number of hydrogen-bond acceptors (Lipinski definition) is 2. The van der Waals surface area contributed by atoms with Gasteiger partial charge < -0.3 is 10.6 Å². The van der Waals surface area contributed by atoms with Gasteiger partial charge in [0.1, 0.15) is 0 Å². The molecule has 2 N–H and O–H groups in total. The predicted molar refractivity (Wildman–Crippen MR) is 75.6 cm³/mol. The Morgan fingerprint density at radius 1 is 1.28 bits per heavy atom. The molecule has 3 nitrogen and oxygen atoms in total. The average molecular weight is 248 g/mol. The van der Waals surface area contributed by atoms with Crippen molar-refractivity contribution in [3.63, 3.8) is 0 Å². The van der Waals surface area contributed by atoms with Crippen molar-refractivity contribution in [2.24, 2.45) is 0 Å². The summed E-state index contributed by atoms with van der Waals surface area (Å²) in [5.74, 6) is 0.0499. The molecule has 3 heteroatoms. The van der Waals surface area contributed by atoms with Gasteiger partial charge in [0.05, 0.1) is 6.54 Å². The summed E-state index contributed by atoms with van der Waals surface area (Å²) in [5, 5.41) is 5.86. The van der Waals surface area contributed by atoms with Gasteiger partial charge in [-0.3, -0.25) is 4.79 Å². The van der Waals surface area contributed by atoms with Crippen LogP contribution in [0.4, 0.5) is 0 Å². The zero-order valence-corrected chi connectivity index (χ0v) is 11.8. The van der Waals surface area contributed by atoms with Crippen LogP contribution in [0.1, 0.15) is 32.8 Å². The third-order valence-electron chi connectivity index (χ3n) is 3.12. The van der Waals surface area contributed by atoms with Gasteiger partial charge in [0.15, 0.2) is 0 Å². The van der Waals surface area contributed by atoms with E-state index >= 15 is 0 Å². The Kier molecular flexibility index (Phi) is 5.35. The maximum Gasteiger partial charge on any atom is 0.234 e. The van der Waals surface area contributed by atoms with Crippen LogP contribution in [0.15, 0.2) is 30.3 Å². The SMILES string of the molecule is CNCC(=O)NC(C)CC(C)(C)c1ccccc1. The number of likely N-dealkylation sites (N-methyl/N-ethyl adjacent to an activating group) is 1. The van der Waals surface area contributed by atoms with Gasteiger partial charge in [-0.05, 0) is 31.4 Å². The second-order valence-electron chi connectivity index (χ2n) is 5.45. The molecule has 1 aromatic carbocycles. The van der Waals surface area contributed by atoms with E-state index in [4.69, 9.17) is 0 Å². The van der Waals surface area contributed by atoms with E-state index in [0.717, 1.165) is 6.42 Å². The summed E-state index contributed by atoms with van der Waals surface area (Å²) in [6.45, 7) is 6.85. The summed E-state index contributed by atoms with van der Waals surface area (Å²) in [6, 6.07) is 10.6. The first kappa shape index (κ1) is 14.7. The second kappa shape index (κ2) is 6.55. The number of amides is 1. The Balaban J connectivity index is 2.58. The molecule has 0 aliphatic rings. The van der Waals surface area contributed by atoms with Crippen LogP contribution >= 0.6 is 0 Å². The summed E-state index contributed by atoms with van der Waals surface area (Å²) >= 11 is 0. The maximum atomic E-state index is 11.5. The molecule has 0 heterocycles. The van der Waals surface area contributed by atoms with Crippen LogP contribution in [0.5, 0.6) is 0 Å². The first-order chi connectivity index (χ1) is 8.45. The number of nitrogens with one attached hydrogen (secondary N) is 2. The minimum absolute atomic E-state index is 0.0499. The van der Waals surface area contributed by atoms with Crippen molar-refractivity contribution in [3.8, 4) is 0 Å². The third-order valence-corrected chi connectivity index (χ3v) is 3.12. The lowest BCUT2D eigenvalue weighted by Gasteiger charge is -2.29. The number of rotatable bonds is 6. The highest BCUT2D eigenvalue weighted by Crippen LogP contribution is 2.27. The van der Waals surface area contributed by atoms with Crippen molar-refractivity contribution in [2.75, 3.05) is 13.6 Å². The Morgan fingerprint density at radius 2 is 1.89 bits per heavy atom. The van der Waals surface area contributed by atoms with Crippen LogP contribution < -0.4 is 10.6 Å². The molecule has 1 atom stereocenters. The lowest BCUT2D eigenvalue weighted by Crippen LogP contribution is -2.40. The highest BCUT2D eigenvalue weighted by atomic mass is 16.1. The van der Waals surface area contributed by atoms with Crippen molar-refractivity contribution < 1.29 is 4.79 Å². The van der Waals surface area contributed by atoms with Crippen LogP contribution in [0.25, 0.3) is 0 Å². The smallest absolute Gasteiger partial charge is 0.234 e. The summed E-state index contributed by atoms with van der Waals surface area (Å²) in [4.78, 5) is 11.5. The number of hydrogen-bond donors (Lipinski definition) is 2. The fourth-order valence-corrected chi connectivity index (χ4v) is 2.31. The third kappa shape index (κ3) is 4.49. The van der Waals surface area contributed by atoms with Crippen LogP contribution in [-0.4, -0.2) is 25.5 Å². The van der Waals surface area contributed by atoms with Gasteiger partial charge in [0, 0.05) is 6.04 Å². The molecule has 100 valence electrons. The molecule has 0 fully saturated rings. The van der Waals surface area contributed by atoms with Gasteiger partial charge >= 0.3 is 0 Å². The average Bonchev–Trinajstić information content (AvgIpc) is 2.29. The molecule has 0 aromatic heterocycles. The van der Waals surface area contributed by atoms with E-state index < -0.39 is 0 Å². The minimum atomic E-state index is 0.0499. The lowest BCUT2D eigenvalue weighted by molar-refractivity contribution is -0.120. The number of benzene rings is 1. The normalized spacial score (nSPS) is 13.1. The van der Waals surface area contributed by atoms with Crippen LogP contribution in [-0.2, 0) is 10.2 Å². The highest BCUT2D eigenvalue weighted by Gasteiger charge is 2.23. The molecule has 0 aliphatic heterocycles. The molecule has 0 radical (unpaired) electrons. The van der Waals surface area contributed by atoms with E-state index in [1.54, 1.807) is 7.05 Å². The first-order valence-electron chi connectivity index (χ1n) is 6.45. The summed E-state index contributed by atoms with van der Waals surface area (Å²) in [6.07, 6.45) is 0.923. The zero-order valence-electron chi connectivity index (χ0n) is 11.8. The van der Waals surface area contributed by atoms with E-state index in [0.29, 0.717) is 6.54 Å². The van der Waals surface area contributed by atoms with Crippen molar-refractivity contribution >= 4 is 5.91 Å². The van der Waals surface area contributed by atoms with E-state index in [9.17, 15) is 4.79 Å². The Hall–Kier alpha value is -1.35. The highest BCUT2D eigenvalue weighted by molar-refractivity contribution is 5.78. The molecule has 0 saturated heterocycles. The molecule has 1 aromatic rings. The van der Waals surface area contributed by atoms with Crippen molar-refractivity contribution in [3.05, 3.63) is 35.9 Å². The van der Waals surface area contributed by atoms with E-state index in [1.807, 2.05) is 6.07 Å². The van der Waals surface area contributed by atoms with E-state index in [1.165, 1.54) is 5.56 Å². The second-order valence-corrected chi connectivity index (χ2v) is 5.45. The minimum Gasteiger partial charge on any atom is -0.353 e. The molecule has 0 bridgehead atoms. The molecule has 0 saturated carbocycles. The molecular formula is C15H24N2O. The Labute approximate surface area is 110 Å². The van der Waals surface area contributed by atoms with Gasteiger partial charge in [0.25, 0.3) is 0 Å². The molecule has 0 aliphatic carbocycles. The largest absolute Gasteiger partial charge is 0.353 e. The van der Waals surface area contributed by atoms with Gasteiger partial charge in [-0.1, -0.05) is 44.2 Å². The molecule has 1 rings (SSSR count). The molecule has 1 amide bonds. The Morgan fingerprint density at radius 3 is 2.44 bits per heavy atom. The molecule has 0 spiro atoms. The van der Waals surface area contributed by atoms with Crippen molar-refractivity contribution in [1.82, 2.24) is 10.6 Å². The quantitative estimate of drug-likeness (QED) is 0.809. The van der Waals surface area contributed by atoms with Gasteiger partial charge in [-0.25, -0.2) is 0 Å². The Bertz CT molecular complexity index is 373. The predicted octanol–water partition coefficient (Wildman–Crippen LogP) is 2.08. The number of carbonyl (C=O) groups is 1. The van der Waals surface area contributed by atoms with Crippen LogP contribution in [0, 0.1) is 0 Å². The maximum absolute atomic E-state index is 11.5. The standard InChI is InChI=1S/C15H24N2O/c1-12(17-14(18)11-16-4)10-15(2,3)13-8-6-5-7-9-13/h5-9,12,16H,10-11H2,1-4H3,(H,17,18). The van der Waals surface area contributed by atoms with Crippen molar-refractivity contribution in [1.29, 1.82) is 0 Å². The molecule has 18 heavy (non-hydrogen) atoms. The first-order valence-corrected chi connectivity index (χ1v) is 6.45. The summed E-state index contributed by atoms with van der Waals surface area (Å²) < 4.78 is 0. The van der Waals surface area contributed by atoms with Crippen LogP contribution in [0.3, 0.4) is 0 Å². The van der Waals surface area contributed by atoms with Gasteiger partial charge in [-0.2, -0.15) is 0 Å². The van der Waals surface area contributed by atoms with E-state index in [-0.39, 0.29) is 17.4 Å². The zero-order chi connectivity index (χ0) is 13.6. The topological polar surface area (TPSA) is 41.1 Å². The summed E-state index contributed by atoms with van der Waals surface area (Å²) in [7, 11) is 1.78. The number of carbonyl (C=O) groups excluding carboxylic acids is 1.